The number of fused-ring (bicyclic) bond motifs is 1. The van der Waals surface area contributed by atoms with Gasteiger partial charge < -0.3 is 15.4 Å². The van der Waals surface area contributed by atoms with Crippen molar-refractivity contribution in [2.75, 3.05) is 20.2 Å². The summed E-state index contributed by atoms with van der Waals surface area (Å²) in [6.07, 6.45) is 3.32. The Balaban J connectivity index is 1.78. The molecule has 2 aromatic rings. The number of piperidine rings is 1. The second-order valence-corrected chi connectivity index (χ2v) is 7.73. The van der Waals surface area contributed by atoms with Gasteiger partial charge in [-0.1, -0.05) is 0 Å². The highest BCUT2D eigenvalue weighted by molar-refractivity contribution is 5.86. The number of methoxy groups -OCH3 is 1. The Morgan fingerprint density at radius 1 is 1.41 bits per heavy atom. The predicted molar refractivity (Wildman–Crippen MR) is 106 cm³/mol. The van der Waals surface area contributed by atoms with Crippen molar-refractivity contribution >= 4 is 16.9 Å². The van der Waals surface area contributed by atoms with Crippen LogP contribution in [0.2, 0.25) is 0 Å². The van der Waals surface area contributed by atoms with E-state index in [9.17, 15) is 4.79 Å². The third-order valence-electron chi connectivity index (χ3n) is 5.86. The average Bonchev–Trinajstić information content (AvgIpc) is 2.97. The Labute approximate surface area is 160 Å². The minimum atomic E-state index is 0.134. The summed E-state index contributed by atoms with van der Waals surface area (Å²) in [5.74, 6) is 1.20. The van der Waals surface area contributed by atoms with E-state index in [1.165, 1.54) is 0 Å². The second kappa shape index (κ2) is 7.84. The zero-order valence-corrected chi connectivity index (χ0v) is 17.1. The monoisotopic (exact) mass is 373 g/mol. The van der Waals surface area contributed by atoms with Crippen LogP contribution in [0.15, 0.2) is 0 Å². The molecule has 148 valence electrons. The molecule has 0 aliphatic carbocycles. The molecule has 0 aromatic carbocycles. The lowest BCUT2D eigenvalue weighted by molar-refractivity contribution is -0.133. The Morgan fingerprint density at radius 2 is 2.15 bits per heavy atom. The van der Waals surface area contributed by atoms with Crippen LogP contribution >= 0.6 is 0 Å². The molecule has 27 heavy (non-hydrogen) atoms. The van der Waals surface area contributed by atoms with Crippen molar-refractivity contribution < 1.29 is 9.53 Å². The number of carbonyl (C=O) groups excluding carboxylic acids is 1. The molecule has 1 aliphatic rings. The molecule has 1 saturated heterocycles. The number of rotatable bonds is 5. The smallest absolute Gasteiger partial charge is 0.242 e. The molecule has 1 amide bonds. The van der Waals surface area contributed by atoms with E-state index < -0.39 is 0 Å². The lowest BCUT2D eigenvalue weighted by Crippen LogP contribution is -2.45. The van der Waals surface area contributed by atoms with E-state index in [0.29, 0.717) is 24.6 Å². The summed E-state index contributed by atoms with van der Waals surface area (Å²) < 4.78 is 7.16. The van der Waals surface area contributed by atoms with Crippen LogP contribution in [0.4, 0.5) is 0 Å². The van der Waals surface area contributed by atoms with Gasteiger partial charge in [0.15, 0.2) is 5.65 Å². The van der Waals surface area contributed by atoms with Crippen LogP contribution in [0.25, 0.3) is 11.0 Å². The van der Waals surface area contributed by atoms with Gasteiger partial charge in [0.25, 0.3) is 0 Å². The molecule has 3 heterocycles. The summed E-state index contributed by atoms with van der Waals surface area (Å²) in [6.45, 7) is 7.72. The van der Waals surface area contributed by atoms with Gasteiger partial charge in [-0.25, -0.2) is 9.67 Å². The lowest BCUT2D eigenvalue weighted by atomic mass is 9.91. The molecule has 3 rings (SSSR count). The summed E-state index contributed by atoms with van der Waals surface area (Å²) in [6, 6.07) is 0.134. The molecule has 0 bridgehead atoms. The van der Waals surface area contributed by atoms with Crippen LogP contribution in [-0.2, 0) is 18.3 Å². The van der Waals surface area contributed by atoms with Crippen LogP contribution in [0.3, 0.4) is 0 Å². The van der Waals surface area contributed by atoms with Crippen LogP contribution in [-0.4, -0.2) is 51.8 Å². The third kappa shape index (κ3) is 3.78. The quantitative estimate of drug-likeness (QED) is 0.867. The minimum Gasteiger partial charge on any atom is -0.479 e. The first-order chi connectivity index (χ1) is 12.8. The topological polar surface area (TPSA) is 86.3 Å². The van der Waals surface area contributed by atoms with E-state index in [4.69, 9.17) is 15.5 Å². The van der Waals surface area contributed by atoms with E-state index in [0.717, 1.165) is 53.8 Å². The molecule has 2 atom stereocenters. The van der Waals surface area contributed by atoms with Gasteiger partial charge in [0.1, 0.15) is 0 Å². The molecule has 0 radical (unpaired) electrons. The highest BCUT2D eigenvalue weighted by Gasteiger charge is 2.26. The fraction of sp³-hybridized carbons (Fsp3) is 0.650. The highest BCUT2D eigenvalue weighted by atomic mass is 16.5. The van der Waals surface area contributed by atoms with Crippen molar-refractivity contribution in [1.29, 1.82) is 0 Å². The van der Waals surface area contributed by atoms with Gasteiger partial charge in [0.05, 0.1) is 12.5 Å². The van der Waals surface area contributed by atoms with E-state index in [-0.39, 0.29) is 11.9 Å². The van der Waals surface area contributed by atoms with Gasteiger partial charge in [-0.2, -0.15) is 0 Å². The first-order valence-corrected chi connectivity index (χ1v) is 9.73. The molecule has 2 unspecified atom stereocenters. The maximum Gasteiger partial charge on any atom is 0.242 e. The lowest BCUT2D eigenvalue weighted by Gasteiger charge is -2.34. The molecule has 2 aromatic heterocycles. The van der Waals surface area contributed by atoms with E-state index in [1.54, 1.807) is 11.8 Å². The molecule has 2 N–H and O–H groups in total. The molecular formula is C20H31N5O2. The number of aryl methyl sites for hydroxylation is 3. The van der Waals surface area contributed by atoms with Gasteiger partial charge in [-0.15, -0.1) is 5.10 Å². The summed E-state index contributed by atoms with van der Waals surface area (Å²) >= 11 is 0. The van der Waals surface area contributed by atoms with Crippen molar-refractivity contribution in [1.82, 2.24) is 19.7 Å². The standard InChI is InChI=1S/C20H31N5O2/c1-12-16(14(3)22-19-18(12)20(27-5)23-24(19)4)8-9-17(26)25-10-6-7-15(11-25)13(2)21/h13,15H,6-11,21H2,1-5H3. The van der Waals surface area contributed by atoms with Gasteiger partial charge in [-0.05, 0) is 57.1 Å². The Hall–Kier alpha value is -2.15. The number of ether oxygens (including phenoxy) is 1. The first kappa shape index (κ1) is 19.6. The Morgan fingerprint density at radius 3 is 2.81 bits per heavy atom. The van der Waals surface area contributed by atoms with Crippen molar-refractivity contribution in [2.45, 2.75) is 52.5 Å². The van der Waals surface area contributed by atoms with Gasteiger partial charge in [0, 0.05) is 38.3 Å². The fourth-order valence-electron chi connectivity index (χ4n) is 4.16. The average molecular weight is 374 g/mol. The van der Waals surface area contributed by atoms with Gasteiger partial charge in [0.2, 0.25) is 11.8 Å². The van der Waals surface area contributed by atoms with E-state index in [2.05, 4.69) is 12.0 Å². The Bertz CT molecular complexity index is 843. The number of likely N-dealkylation sites (tertiary alicyclic amines) is 1. The van der Waals surface area contributed by atoms with E-state index >= 15 is 0 Å². The molecule has 7 heteroatoms. The van der Waals surface area contributed by atoms with Crippen LogP contribution in [0, 0.1) is 19.8 Å². The van der Waals surface area contributed by atoms with Crippen molar-refractivity contribution in [3.05, 3.63) is 16.8 Å². The SMILES string of the molecule is COc1nn(C)c2nc(C)c(CCC(=O)N3CCCC(C(C)N)C3)c(C)c12. The van der Waals surface area contributed by atoms with Crippen LogP contribution < -0.4 is 10.5 Å². The third-order valence-corrected chi connectivity index (χ3v) is 5.86. The summed E-state index contributed by atoms with van der Waals surface area (Å²) in [7, 11) is 3.49. The number of nitrogens with zero attached hydrogens (tertiary/aromatic N) is 4. The number of pyridine rings is 1. The van der Waals surface area contributed by atoms with Gasteiger partial charge >= 0.3 is 0 Å². The zero-order chi connectivity index (χ0) is 19.7. The first-order valence-electron chi connectivity index (χ1n) is 9.73. The second-order valence-electron chi connectivity index (χ2n) is 7.73. The fourth-order valence-corrected chi connectivity index (χ4v) is 4.16. The number of hydrogen-bond acceptors (Lipinski definition) is 5. The molecule has 1 aliphatic heterocycles. The Kier molecular flexibility index (Phi) is 5.69. The number of nitrogens with two attached hydrogens (primary N) is 1. The highest BCUT2D eigenvalue weighted by Crippen LogP contribution is 2.30. The molecule has 1 fully saturated rings. The zero-order valence-electron chi connectivity index (χ0n) is 17.1. The number of carbonyl (C=O) groups is 1. The molecule has 0 spiro atoms. The maximum absolute atomic E-state index is 12.8. The molecule has 7 nitrogen and oxygen atoms in total. The minimum absolute atomic E-state index is 0.134. The summed E-state index contributed by atoms with van der Waals surface area (Å²) in [5.41, 5.74) is 10.0. The largest absolute Gasteiger partial charge is 0.479 e. The normalized spacial score (nSPS) is 18.7. The molecule has 0 saturated carbocycles. The number of hydrogen-bond donors (Lipinski definition) is 1. The van der Waals surface area contributed by atoms with Crippen LogP contribution in [0.5, 0.6) is 5.88 Å². The molecular weight excluding hydrogens is 342 g/mol. The van der Waals surface area contributed by atoms with Gasteiger partial charge in [-0.3, -0.25) is 4.79 Å². The predicted octanol–water partition coefficient (Wildman–Crippen LogP) is 2.11. The van der Waals surface area contributed by atoms with Crippen molar-refractivity contribution in [3.63, 3.8) is 0 Å². The van der Waals surface area contributed by atoms with Crippen molar-refractivity contribution in [3.8, 4) is 5.88 Å². The number of aromatic nitrogens is 3. The maximum atomic E-state index is 12.8. The summed E-state index contributed by atoms with van der Waals surface area (Å²) in [5, 5.41) is 5.32. The summed E-state index contributed by atoms with van der Waals surface area (Å²) in [4.78, 5) is 19.5. The number of amides is 1. The van der Waals surface area contributed by atoms with Crippen LogP contribution in [0.1, 0.15) is 43.0 Å². The van der Waals surface area contributed by atoms with Crippen molar-refractivity contribution in [2.24, 2.45) is 18.7 Å². The van der Waals surface area contributed by atoms with E-state index in [1.807, 2.05) is 25.8 Å².